The molecule has 1 N–H and O–H groups in total. The van der Waals surface area contributed by atoms with Crippen molar-refractivity contribution in [1.82, 2.24) is 9.78 Å². The molecule has 4 rings (SSSR count). The second-order valence-corrected chi connectivity index (χ2v) is 10.0. The summed E-state index contributed by atoms with van der Waals surface area (Å²) in [6.07, 6.45) is 3.93. The molecule has 0 amide bonds. The number of aromatic nitrogens is 2. The lowest BCUT2D eigenvalue weighted by Gasteiger charge is -2.20. The standard InChI is InChI=1S/C25H27N3O4S/c1-4-17-12-13-19(24-21-10-5-6-11-22(21)25(30)28(3)26-24)15-23(17)33(31,32)27-20-9-7-8-18(14-20)16(2)29/h7-9,12-15,27H,4-6,10-11H2,1-3H3. The van der Waals surface area contributed by atoms with Crippen molar-refractivity contribution in [2.45, 2.75) is 50.8 Å². The number of nitrogens with zero attached hydrogens (tertiary/aromatic N) is 2. The van der Waals surface area contributed by atoms with Crippen LogP contribution in [-0.2, 0) is 36.3 Å². The zero-order chi connectivity index (χ0) is 23.8. The van der Waals surface area contributed by atoms with Crippen LogP contribution in [0.1, 0.15) is 53.7 Å². The SMILES string of the molecule is CCc1ccc(-c2nn(C)c(=O)c3c2CCCC3)cc1S(=O)(=O)Nc1cccc(C(C)=O)c1. The molecule has 8 heteroatoms. The molecular formula is C25H27N3O4S. The number of carbonyl (C=O) groups is 1. The van der Waals surface area contributed by atoms with Gasteiger partial charge in [-0.3, -0.25) is 14.3 Å². The van der Waals surface area contributed by atoms with Crippen molar-refractivity contribution in [2.24, 2.45) is 7.05 Å². The molecule has 0 saturated carbocycles. The van der Waals surface area contributed by atoms with Crippen LogP contribution in [0, 0.1) is 0 Å². The number of anilines is 1. The minimum Gasteiger partial charge on any atom is -0.295 e. The highest BCUT2D eigenvalue weighted by atomic mass is 32.2. The van der Waals surface area contributed by atoms with Gasteiger partial charge in [0, 0.05) is 29.4 Å². The van der Waals surface area contributed by atoms with Crippen molar-refractivity contribution in [3.8, 4) is 11.3 Å². The smallest absolute Gasteiger partial charge is 0.269 e. The zero-order valence-electron chi connectivity index (χ0n) is 19.0. The summed E-state index contributed by atoms with van der Waals surface area (Å²) in [6, 6.07) is 11.7. The van der Waals surface area contributed by atoms with E-state index in [1.54, 1.807) is 37.4 Å². The third-order valence-electron chi connectivity index (χ3n) is 6.09. The van der Waals surface area contributed by atoms with E-state index in [0.29, 0.717) is 40.9 Å². The highest BCUT2D eigenvalue weighted by molar-refractivity contribution is 7.92. The van der Waals surface area contributed by atoms with Gasteiger partial charge < -0.3 is 0 Å². The van der Waals surface area contributed by atoms with Gasteiger partial charge >= 0.3 is 0 Å². The molecule has 1 aromatic heterocycles. The van der Waals surface area contributed by atoms with Crippen molar-refractivity contribution >= 4 is 21.5 Å². The minimum absolute atomic E-state index is 0.0847. The zero-order valence-corrected chi connectivity index (χ0v) is 19.8. The topological polar surface area (TPSA) is 98.1 Å². The Hall–Kier alpha value is -3.26. The number of carbonyl (C=O) groups excluding carboxylic acids is 1. The average molecular weight is 466 g/mol. The Morgan fingerprint density at radius 2 is 1.82 bits per heavy atom. The van der Waals surface area contributed by atoms with E-state index in [-0.39, 0.29) is 16.2 Å². The van der Waals surface area contributed by atoms with Crippen LogP contribution in [0.25, 0.3) is 11.3 Å². The number of Topliss-reactive ketones (excluding diaryl/α,β-unsaturated/α-hetero) is 1. The lowest BCUT2D eigenvalue weighted by atomic mass is 9.89. The molecule has 0 radical (unpaired) electrons. The van der Waals surface area contributed by atoms with E-state index >= 15 is 0 Å². The molecule has 0 saturated heterocycles. The van der Waals surface area contributed by atoms with Gasteiger partial charge in [-0.05, 0) is 68.4 Å². The summed E-state index contributed by atoms with van der Waals surface area (Å²) in [4.78, 5) is 24.4. The molecule has 0 aliphatic heterocycles. The summed E-state index contributed by atoms with van der Waals surface area (Å²) in [6.45, 7) is 3.34. The average Bonchev–Trinajstić information content (AvgIpc) is 2.81. The van der Waals surface area contributed by atoms with Gasteiger partial charge in [-0.15, -0.1) is 0 Å². The third kappa shape index (κ3) is 4.48. The second kappa shape index (κ2) is 8.94. The quantitative estimate of drug-likeness (QED) is 0.557. The maximum atomic E-state index is 13.4. The maximum absolute atomic E-state index is 13.4. The number of ketones is 1. The molecule has 0 unspecified atom stereocenters. The van der Waals surface area contributed by atoms with E-state index in [2.05, 4.69) is 9.82 Å². The molecule has 3 aromatic rings. The van der Waals surface area contributed by atoms with E-state index in [4.69, 9.17) is 0 Å². The van der Waals surface area contributed by atoms with Crippen LogP contribution in [-0.4, -0.2) is 24.0 Å². The Balaban J connectivity index is 1.82. The lowest BCUT2D eigenvalue weighted by molar-refractivity contribution is 0.101. The fraction of sp³-hybridized carbons (Fsp3) is 0.320. The highest BCUT2D eigenvalue weighted by Gasteiger charge is 2.24. The molecule has 1 aliphatic carbocycles. The van der Waals surface area contributed by atoms with Crippen LogP contribution < -0.4 is 10.3 Å². The van der Waals surface area contributed by atoms with Crippen LogP contribution >= 0.6 is 0 Å². The van der Waals surface area contributed by atoms with Crippen LogP contribution in [0.2, 0.25) is 0 Å². The molecule has 1 heterocycles. The second-order valence-electron chi connectivity index (χ2n) is 8.36. The number of rotatable bonds is 6. The van der Waals surface area contributed by atoms with Gasteiger partial charge in [0.05, 0.1) is 10.6 Å². The number of aryl methyl sites for hydroxylation is 2. The van der Waals surface area contributed by atoms with Crippen molar-refractivity contribution in [3.63, 3.8) is 0 Å². The molecule has 33 heavy (non-hydrogen) atoms. The Bertz CT molecular complexity index is 1410. The molecule has 0 fully saturated rings. The van der Waals surface area contributed by atoms with Gasteiger partial charge in [-0.25, -0.2) is 13.1 Å². The first kappa shape index (κ1) is 22.9. The summed E-state index contributed by atoms with van der Waals surface area (Å²) >= 11 is 0. The summed E-state index contributed by atoms with van der Waals surface area (Å²) < 4.78 is 30.7. The molecule has 0 spiro atoms. The van der Waals surface area contributed by atoms with Gasteiger partial charge in [-0.2, -0.15) is 5.10 Å². The van der Waals surface area contributed by atoms with E-state index < -0.39 is 10.0 Å². The minimum atomic E-state index is -3.93. The van der Waals surface area contributed by atoms with Crippen molar-refractivity contribution < 1.29 is 13.2 Å². The Morgan fingerprint density at radius 3 is 2.52 bits per heavy atom. The van der Waals surface area contributed by atoms with E-state index in [1.165, 1.54) is 17.7 Å². The first-order valence-corrected chi connectivity index (χ1v) is 12.6. The Kier molecular flexibility index (Phi) is 6.21. The molecular weight excluding hydrogens is 438 g/mol. The highest BCUT2D eigenvalue weighted by Crippen LogP contribution is 2.31. The van der Waals surface area contributed by atoms with E-state index in [9.17, 15) is 18.0 Å². The molecule has 1 aliphatic rings. The number of sulfonamides is 1. The summed E-state index contributed by atoms with van der Waals surface area (Å²) in [5.74, 6) is -0.141. The predicted molar refractivity (Wildman–Crippen MR) is 128 cm³/mol. The van der Waals surface area contributed by atoms with Crippen LogP contribution in [0.4, 0.5) is 5.69 Å². The van der Waals surface area contributed by atoms with Gasteiger partial charge in [0.2, 0.25) is 0 Å². The van der Waals surface area contributed by atoms with Crippen LogP contribution in [0.5, 0.6) is 0 Å². The number of hydrogen-bond acceptors (Lipinski definition) is 5. The Morgan fingerprint density at radius 1 is 1.09 bits per heavy atom. The fourth-order valence-electron chi connectivity index (χ4n) is 4.34. The predicted octanol–water partition coefficient (Wildman–Crippen LogP) is 3.89. The van der Waals surface area contributed by atoms with Gasteiger partial charge in [0.15, 0.2) is 5.78 Å². The molecule has 0 atom stereocenters. The number of hydrogen-bond donors (Lipinski definition) is 1. The fourth-order valence-corrected chi connectivity index (χ4v) is 5.73. The van der Waals surface area contributed by atoms with Crippen molar-refractivity contribution in [3.05, 3.63) is 75.1 Å². The van der Waals surface area contributed by atoms with Gasteiger partial charge in [0.1, 0.15) is 0 Å². The number of fused-ring (bicyclic) bond motifs is 1. The van der Waals surface area contributed by atoms with Crippen LogP contribution in [0.3, 0.4) is 0 Å². The number of nitrogens with one attached hydrogen (secondary N) is 1. The summed E-state index contributed by atoms with van der Waals surface area (Å²) in [5.41, 5.74) is 4.36. The van der Waals surface area contributed by atoms with E-state index in [0.717, 1.165) is 30.4 Å². The number of benzene rings is 2. The first-order chi connectivity index (χ1) is 15.7. The summed E-state index contributed by atoms with van der Waals surface area (Å²) in [7, 11) is -2.30. The maximum Gasteiger partial charge on any atom is 0.269 e. The Labute approximate surface area is 193 Å². The van der Waals surface area contributed by atoms with E-state index in [1.807, 2.05) is 13.0 Å². The van der Waals surface area contributed by atoms with Crippen LogP contribution in [0.15, 0.2) is 52.2 Å². The largest absolute Gasteiger partial charge is 0.295 e. The normalized spacial score (nSPS) is 13.4. The van der Waals surface area contributed by atoms with Crippen molar-refractivity contribution in [1.29, 1.82) is 0 Å². The summed E-state index contributed by atoms with van der Waals surface area (Å²) in [5, 5.41) is 4.50. The molecule has 7 nitrogen and oxygen atoms in total. The van der Waals surface area contributed by atoms with Gasteiger partial charge in [0.25, 0.3) is 15.6 Å². The third-order valence-corrected chi connectivity index (χ3v) is 7.55. The lowest BCUT2D eigenvalue weighted by Crippen LogP contribution is -2.28. The molecule has 0 bridgehead atoms. The van der Waals surface area contributed by atoms with Crippen molar-refractivity contribution in [2.75, 3.05) is 4.72 Å². The first-order valence-electron chi connectivity index (χ1n) is 11.1. The monoisotopic (exact) mass is 465 g/mol. The van der Waals surface area contributed by atoms with Gasteiger partial charge in [-0.1, -0.05) is 31.2 Å². The molecule has 172 valence electrons. The molecule has 2 aromatic carbocycles.